The number of amides is 1. The van der Waals surface area contributed by atoms with Crippen LogP contribution in [0, 0.1) is 0 Å². The molecule has 0 aliphatic carbocycles. The number of ether oxygens (including phenoxy) is 3. The Morgan fingerprint density at radius 3 is 2.49 bits per heavy atom. The lowest BCUT2D eigenvalue weighted by atomic mass is 10.1. The average Bonchev–Trinajstić information content (AvgIpc) is 2.85. The summed E-state index contributed by atoms with van der Waals surface area (Å²) < 4.78 is 23.1. The van der Waals surface area contributed by atoms with E-state index in [1.54, 1.807) is 48.5 Å². The number of benzene rings is 3. The van der Waals surface area contributed by atoms with Crippen molar-refractivity contribution in [3.8, 4) is 28.6 Å². The molecule has 10 heteroatoms. The summed E-state index contributed by atoms with van der Waals surface area (Å²) in [7, 11) is 3.01. The molecule has 3 aromatic carbocycles. The van der Waals surface area contributed by atoms with Crippen LogP contribution in [0.4, 0.5) is 5.69 Å². The molecule has 4 aromatic rings. The van der Waals surface area contributed by atoms with Crippen molar-refractivity contribution in [1.29, 1.82) is 0 Å². The van der Waals surface area contributed by atoms with Crippen LogP contribution in [0.1, 0.15) is 0 Å². The number of hydrogen-bond donors (Lipinski definition) is 1. The lowest BCUT2D eigenvalue weighted by Gasteiger charge is -2.15. The van der Waals surface area contributed by atoms with Gasteiger partial charge in [-0.3, -0.25) is 9.59 Å². The monoisotopic (exact) mass is 577 g/mol. The van der Waals surface area contributed by atoms with Crippen LogP contribution in [0.25, 0.3) is 22.3 Å². The Morgan fingerprint density at radius 1 is 1.00 bits per heavy atom. The van der Waals surface area contributed by atoms with Crippen molar-refractivity contribution in [1.82, 2.24) is 0 Å². The first-order valence-electron chi connectivity index (χ1n) is 10.2. The number of halogens is 3. The number of nitrogens with one attached hydrogen (secondary N) is 1. The standard InChI is InChI=1S/C25H18BrCl2NO6/c1-32-20-10-13(9-16(26)24(20)33-2)23-25(22(31)15-5-3-4-6-19(15)35-23)34-12-21(30)29-14-7-8-17(27)18(28)11-14/h3-11H,12H2,1-2H3,(H,29,30). The van der Waals surface area contributed by atoms with E-state index >= 15 is 0 Å². The molecule has 0 bridgehead atoms. The average molecular weight is 579 g/mol. The maximum Gasteiger partial charge on any atom is 0.262 e. The van der Waals surface area contributed by atoms with Gasteiger partial charge in [0.1, 0.15) is 5.58 Å². The second-order valence-corrected chi connectivity index (χ2v) is 8.91. The minimum atomic E-state index is -0.504. The number of hydrogen-bond acceptors (Lipinski definition) is 6. The predicted molar refractivity (Wildman–Crippen MR) is 139 cm³/mol. The summed E-state index contributed by atoms with van der Waals surface area (Å²) in [6.45, 7) is -0.454. The minimum Gasteiger partial charge on any atom is -0.493 e. The SMILES string of the molecule is COc1cc(-c2oc3ccccc3c(=O)c2OCC(=O)Nc2ccc(Cl)c(Cl)c2)cc(Br)c1OC. The number of rotatable bonds is 7. The van der Waals surface area contributed by atoms with Crippen LogP contribution in [0.5, 0.6) is 17.2 Å². The number of methoxy groups -OCH3 is 2. The second kappa shape index (κ2) is 10.6. The topological polar surface area (TPSA) is 87.0 Å². The molecule has 0 atom stereocenters. The highest BCUT2D eigenvalue weighted by atomic mass is 79.9. The van der Waals surface area contributed by atoms with E-state index in [0.29, 0.717) is 48.2 Å². The van der Waals surface area contributed by atoms with Gasteiger partial charge in [0.05, 0.1) is 34.1 Å². The number of carbonyl (C=O) groups is 1. The number of anilines is 1. The van der Waals surface area contributed by atoms with Crippen LogP contribution in [0.2, 0.25) is 10.0 Å². The van der Waals surface area contributed by atoms with Crippen molar-refractivity contribution in [2.75, 3.05) is 26.1 Å². The van der Waals surface area contributed by atoms with Gasteiger partial charge in [-0.05, 0) is 58.4 Å². The smallest absolute Gasteiger partial charge is 0.262 e. The van der Waals surface area contributed by atoms with E-state index in [4.69, 9.17) is 41.8 Å². The molecule has 0 saturated carbocycles. The summed E-state index contributed by atoms with van der Waals surface area (Å²) in [5.74, 6) is 0.402. The van der Waals surface area contributed by atoms with E-state index in [1.165, 1.54) is 20.3 Å². The van der Waals surface area contributed by atoms with E-state index < -0.39 is 17.9 Å². The Bertz CT molecular complexity index is 1490. The molecule has 0 spiro atoms. The maximum absolute atomic E-state index is 13.3. The molecule has 0 radical (unpaired) electrons. The quantitative estimate of drug-likeness (QED) is 0.267. The van der Waals surface area contributed by atoms with Crippen molar-refractivity contribution < 1.29 is 23.4 Å². The first kappa shape index (κ1) is 24.9. The summed E-state index contributed by atoms with van der Waals surface area (Å²) in [4.78, 5) is 25.9. The van der Waals surface area contributed by atoms with Crippen molar-refractivity contribution in [2.45, 2.75) is 0 Å². The molecule has 0 saturated heterocycles. The first-order chi connectivity index (χ1) is 16.8. The summed E-state index contributed by atoms with van der Waals surface area (Å²) in [6.07, 6.45) is 0. The van der Waals surface area contributed by atoms with Gasteiger partial charge >= 0.3 is 0 Å². The van der Waals surface area contributed by atoms with Crippen LogP contribution in [0.3, 0.4) is 0 Å². The zero-order valence-corrected chi connectivity index (χ0v) is 21.6. The fourth-order valence-electron chi connectivity index (χ4n) is 3.40. The van der Waals surface area contributed by atoms with E-state index in [0.717, 1.165) is 0 Å². The van der Waals surface area contributed by atoms with Gasteiger partial charge in [0.15, 0.2) is 23.9 Å². The van der Waals surface area contributed by atoms with Gasteiger partial charge < -0.3 is 23.9 Å². The van der Waals surface area contributed by atoms with Crippen molar-refractivity contribution in [3.05, 3.63) is 79.3 Å². The lowest BCUT2D eigenvalue weighted by molar-refractivity contribution is -0.118. The van der Waals surface area contributed by atoms with Gasteiger partial charge in [0.25, 0.3) is 5.91 Å². The third kappa shape index (κ3) is 5.24. The molecular weight excluding hydrogens is 561 g/mol. The lowest BCUT2D eigenvalue weighted by Crippen LogP contribution is -2.22. The molecule has 1 aromatic heterocycles. The Kier molecular flexibility index (Phi) is 7.54. The molecule has 1 amide bonds. The largest absolute Gasteiger partial charge is 0.493 e. The number of carbonyl (C=O) groups excluding carboxylic acids is 1. The molecule has 1 N–H and O–H groups in total. The summed E-state index contributed by atoms with van der Waals surface area (Å²) >= 11 is 15.4. The van der Waals surface area contributed by atoms with Gasteiger partial charge in [0, 0.05) is 11.3 Å². The molecule has 0 unspecified atom stereocenters. The summed E-state index contributed by atoms with van der Waals surface area (Å²) in [5.41, 5.74) is 0.862. The fraction of sp³-hybridized carbons (Fsp3) is 0.120. The Labute approximate surface area is 218 Å². The fourth-order valence-corrected chi connectivity index (χ4v) is 4.31. The van der Waals surface area contributed by atoms with E-state index in [1.807, 2.05) is 0 Å². The second-order valence-electron chi connectivity index (χ2n) is 7.24. The Morgan fingerprint density at radius 2 is 1.77 bits per heavy atom. The van der Waals surface area contributed by atoms with Crippen LogP contribution >= 0.6 is 39.1 Å². The zero-order chi connectivity index (χ0) is 25.1. The number of para-hydroxylation sites is 1. The molecule has 1 heterocycles. The van der Waals surface area contributed by atoms with Gasteiger partial charge in [-0.25, -0.2) is 0 Å². The minimum absolute atomic E-state index is 0.118. The Hall–Kier alpha value is -3.20. The van der Waals surface area contributed by atoms with Gasteiger partial charge in [0.2, 0.25) is 11.2 Å². The molecule has 180 valence electrons. The predicted octanol–water partition coefficient (Wildman–Crippen LogP) is 6.56. The molecule has 0 aliphatic rings. The Balaban J connectivity index is 1.73. The van der Waals surface area contributed by atoms with Crippen molar-refractivity contribution >= 4 is 61.7 Å². The third-order valence-electron chi connectivity index (χ3n) is 5.00. The molecular formula is C25H18BrCl2NO6. The number of fused-ring (bicyclic) bond motifs is 1. The third-order valence-corrected chi connectivity index (χ3v) is 6.33. The highest BCUT2D eigenvalue weighted by molar-refractivity contribution is 9.10. The van der Waals surface area contributed by atoms with Crippen LogP contribution in [0.15, 0.2) is 68.3 Å². The van der Waals surface area contributed by atoms with Gasteiger partial charge in [-0.15, -0.1) is 0 Å². The molecule has 35 heavy (non-hydrogen) atoms. The normalized spacial score (nSPS) is 10.8. The van der Waals surface area contributed by atoms with E-state index in [2.05, 4.69) is 21.2 Å². The maximum atomic E-state index is 13.3. The van der Waals surface area contributed by atoms with Crippen LogP contribution in [-0.2, 0) is 4.79 Å². The van der Waals surface area contributed by atoms with Crippen molar-refractivity contribution in [2.24, 2.45) is 0 Å². The highest BCUT2D eigenvalue weighted by Crippen LogP contribution is 2.41. The highest BCUT2D eigenvalue weighted by Gasteiger charge is 2.21. The van der Waals surface area contributed by atoms with Gasteiger partial charge in [-0.2, -0.15) is 0 Å². The van der Waals surface area contributed by atoms with Crippen LogP contribution < -0.4 is 25.0 Å². The summed E-state index contributed by atoms with van der Waals surface area (Å²) in [5, 5.41) is 3.63. The molecule has 7 nitrogen and oxygen atoms in total. The zero-order valence-electron chi connectivity index (χ0n) is 18.5. The van der Waals surface area contributed by atoms with E-state index in [9.17, 15) is 9.59 Å². The van der Waals surface area contributed by atoms with Gasteiger partial charge in [-0.1, -0.05) is 35.3 Å². The van der Waals surface area contributed by atoms with E-state index in [-0.39, 0.29) is 11.5 Å². The molecule has 4 rings (SSSR count). The molecule has 0 fully saturated rings. The summed E-state index contributed by atoms with van der Waals surface area (Å²) in [6, 6.07) is 14.8. The van der Waals surface area contributed by atoms with Crippen molar-refractivity contribution in [3.63, 3.8) is 0 Å². The van der Waals surface area contributed by atoms with Crippen LogP contribution in [-0.4, -0.2) is 26.7 Å². The molecule has 0 aliphatic heterocycles. The first-order valence-corrected chi connectivity index (χ1v) is 11.7.